The van der Waals surface area contributed by atoms with Crippen molar-refractivity contribution in [1.29, 1.82) is 0 Å². The van der Waals surface area contributed by atoms with Crippen molar-refractivity contribution in [3.05, 3.63) is 52.6 Å². The first-order valence-electron chi connectivity index (χ1n) is 9.09. The number of ether oxygens (including phenoxy) is 1. The van der Waals surface area contributed by atoms with E-state index in [1.54, 1.807) is 20.8 Å². The predicted molar refractivity (Wildman–Crippen MR) is 110 cm³/mol. The number of urea groups is 1. The molecule has 160 valence electrons. The standard InChI is InChI=1S/C20H22ClFN4O4/c1-11(2)23-20(29)24-19(28)13(4)30-17(27)10-9-16-12(3)25-26(18(16)21)15-7-5-14(22)6-8-15/h5-11,13H,1-4H3,(H2,23,24,28,29)/b10-9+. The maximum absolute atomic E-state index is 13.1. The van der Waals surface area contributed by atoms with E-state index < -0.39 is 24.0 Å². The van der Waals surface area contributed by atoms with E-state index >= 15 is 0 Å². The second-order valence-corrected chi connectivity index (χ2v) is 7.07. The van der Waals surface area contributed by atoms with Crippen LogP contribution in [0.25, 0.3) is 11.8 Å². The molecule has 0 spiro atoms. The number of carbonyl (C=O) groups excluding carboxylic acids is 3. The zero-order valence-electron chi connectivity index (χ0n) is 16.9. The lowest BCUT2D eigenvalue weighted by atomic mass is 10.2. The van der Waals surface area contributed by atoms with E-state index in [-0.39, 0.29) is 17.0 Å². The van der Waals surface area contributed by atoms with E-state index in [4.69, 9.17) is 16.3 Å². The Morgan fingerprint density at radius 3 is 2.43 bits per heavy atom. The van der Waals surface area contributed by atoms with Crippen LogP contribution >= 0.6 is 11.6 Å². The fourth-order valence-electron chi connectivity index (χ4n) is 2.38. The van der Waals surface area contributed by atoms with Crippen LogP contribution in [-0.4, -0.2) is 39.8 Å². The fourth-order valence-corrected chi connectivity index (χ4v) is 2.72. The first-order chi connectivity index (χ1) is 14.1. The van der Waals surface area contributed by atoms with Gasteiger partial charge in [-0.1, -0.05) is 11.6 Å². The number of hydrogen-bond donors (Lipinski definition) is 2. The highest BCUT2D eigenvalue weighted by Gasteiger charge is 2.19. The van der Waals surface area contributed by atoms with Crippen LogP contribution in [0.4, 0.5) is 9.18 Å². The molecular weight excluding hydrogens is 415 g/mol. The lowest BCUT2D eigenvalue weighted by molar-refractivity contribution is -0.149. The molecule has 2 N–H and O–H groups in total. The second kappa shape index (κ2) is 10.0. The Labute approximate surface area is 178 Å². The first kappa shape index (κ1) is 23.1. The summed E-state index contributed by atoms with van der Waals surface area (Å²) in [6, 6.07) is 4.77. The maximum Gasteiger partial charge on any atom is 0.331 e. The number of halogens is 2. The molecular formula is C20H22ClFN4O4. The van der Waals surface area contributed by atoms with Crippen LogP contribution in [0, 0.1) is 12.7 Å². The van der Waals surface area contributed by atoms with Gasteiger partial charge in [-0.3, -0.25) is 10.1 Å². The lowest BCUT2D eigenvalue weighted by Gasteiger charge is -2.13. The lowest BCUT2D eigenvalue weighted by Crippen LogP contribution is -2.46. The molecule has 3 amide bonds. The van der Waals surface area contributed by atoms with Crippen LogP contribution in [0.1, 0.15) is 32.0 Å². The molecule has 1 aromatic heterocycles. The van der Waals surface area contributed by atoms with E-state index in [0.717, 1.165) is 6.08 Å². The van der Waals surface area contributed by atoms with Gasteiger partial charge in [0.15, 0.2) is 6.10 Å². The highest BCUT2D eigenvalue weighted by atomic mass is 35.5. The average molecular weight is 437 g/mol. The quantitative estimate of drug-likeness (QED) is 0.535. The number of carbonyl (C=O) groups is 3. The van der Waals surface area contributed by atoms with Gasteiger partial charge in [0.2, 0.25) is 0 Å². The summed E-state index contributed by atoms with van der Waals surface area (Å²) in [5.41, 5.74) is 1.55. The van der Waals surface area contributed by atoms with Gasteiger partial charge in [-0.15, -0.1) is 0 Å². The maximum atomic E-state index is 13.1. The Morgan fingerprint density at radius 2 is 1.83 bits per heavy atom. The summed E-state index contributed by atoms with van der Waals surface area (Å²) in [4.78, 5) is 35.5. The van der Waals surface area contributed by atoms with E-state index in [1.807, 2.05) is 0 Å². The van der Waals surface area contributed by atoms with E-state index in [0.29, 0.717) is 16.9 Å². The third-order valence-electron chi connectivity index (χ3n) is 3.82. The molecule has 2 aromatic rings. The second-order valence-electron chi connectivity index (χ2n) is 6.71. The third-order valence-corrected chi connectivity index (χ3v) is 4.19. The Hall–Kier alpha value is -3.20. The fraction of sp³-hybridized carbons (Fsp3) is 0.300. The van der Waals surface area contributed by atoms with Crippen LogP contribution in [0.2, 0.25) is 5.15 Å². The number of imide groups is 1. The minimum atomic E-state index is -1.18. The van der Waals surface area contributed by atoms with Crippen molar-refractivity contribution >= 4 is 35.6 Å². The van der Waals surface area contributed by atoms with Gasteiger partial charge in [-0.25, -0.2) is 18.7 Å². The van der Waals surface area contributed by atoms with Crippen molar-refractivity contribution in [2.24, 2.45) is 0 Å². The van der Waals surface area contributed by atoms with E-state index in [9.17, 15) is 18.8 Å². The minimum absolute atomic E-state index is 0.151. The number of hydrogen-bond acceptors (Lipinski definition) is 5. The molecule has 0 saturated heterocycles. The zero-order chi connectivity index (χ0) is 22.4. The molecule has 1 unspecified atom stereocenters. The van der Waals surface area contributed by atoms with Gasteiger partial charge in [-0.05, 0) is 58.0 Å². The van der Waals surface area contributed by atoms with Crippen LogP contribution in [0.15, 0.2) is 30.3 Å². The smallest absolute Gasteiger partial charge is 0.331 e. The predicted octanol–water partition coefficient (Wildman–Crippen LogP) is 3.15. The van der Waals surface area contributed by atoms with Crippen LogP contribution in [0.5, 0.6) is 0 Å². The van der Waals surface area contributed by atoms with Gasteiger partial charge in [-0.2, -0.15) is 5.10 Å². The third kappa shape index (κ3) is 6.15. The summed E-state index contributed by atoms with van der Waals surface area (Å²) in [7, 11) is 0. The highest BCUT2D eigenvalue weighted by molar-refractivity contribution is 6.31. The summed E-state index contributed by atoms with van der Waals surface area (Å²) in [6.45, 7) is 6.52. The molecule has 0 saturated carbocycles. The van der Waals surface area contributed by atoms with E-state index in [1.165, 1.54) is 41.9 Å². The summed E-state index contributed by atoms with van der Waals surface area (Å²) < 4.78 is 19.5. The molecule has 0 fully saturated rings. The number of aromatic nitrogens is 2. The number of aryl methyl sites for hydroxylation is 1. The number of rotatable bonds is 6. The Morgan fingerprint density at radius 1 is 1.20 bits per heavy atom. The molecule has 0 aliphatic carbocycles. The largest absolute Gasteiger partial charge is 0.449 e. The van der Waals surface area contributed by atoms with Gasteiger partial charge < -0.3 is 10.1 Å². The normalized spacial score (nSPS) is 12.1. The molecule has 0 aliphatic rings. The average Bonchev–Trinajstić information content (AvgIpc) is 2.93. The van der Waals surface area contributed by atoms with E-state index in [2.05, 4.69) is 15.7 Å². The highest BCUT2D eigenvalue weighted by Crippen LogP contribution is 2.24. The number of nitrogens with zero attached hydrogens (tertiary/aromatic N) is 2. The van der Waals surface area contributed by atoms with Gasteiger partial charge in [0, 0.05) is 17.7 Å². The van der Waals surface area contributed by atoms with Gasteiger partial charge in [0.05, 0.1) is 11.4 Å². The van der Waals surface area contributed by atoms with Crippen molar-refractivity contribution in [2.45, 2.75) is 39.8 Å². The van der Waals surface area contributed by atoms with Crippen LogP contribution in [0.3, 0.4) is 0 Å². The Balaban J connectivity index is 2.03. The molecule has 0 radical (unpaired) electrons. The first-order valence-corrected chi connectivity index (χ1v) is 9.47. The monoisotopic (exact) mass is 436 g/mol. The topological polar surface area (TPSA) is 102 Å². The van der Waals surface area contributed by atoms with Gasteiger partial charge >= 0.3 is 12.0 Å². The van der Waals surface area contributed by atoms with Crippen molar-refractivity contribution in [3.63, 3.8) is 0 Å². The molecule has 1 atom stereocenters. The summed E-state index contributed by atoms with van der Waals surface area (Å²) in [6.07, 6.45) is 1.32. The molecule has 10 heteroatoms. The van der Waals surface area contributed by atoms with Crippen LogP contribution in [-0.2, 0) is 14.3 Å². The number of benzene rings is 1. The van der Waals surface area contributed by atoms with Gasteiger partial charge in [0.1, 0.15) is 11.0 Å². The Bertz CT molecular complexity index is 970. The SMILES string of the molecule is Cc1nn(-c2ccc(F)cc2)c(Cl)c1/C=C/C(=O)OC(C)C(=O)NC(=O)NC(C)C. The molecule has 8 nitrogen and oxygen atoms in total. The molecule has 1 aromatic carbocycles. The van der Waals surface area contributed by atoms with Crippen molar-refractivity contribution < 1.29 is 23.5 Å². The summed E-state index contributed by atoms with van der Waals surface area (Å²) >= 11 is 6.34. The molecule has 0 aliphatic heterocycles. The number of amides is 3. The number of nitrogens with one attached hydrogen (secondary N) is 2. The molecule has 30 heavy (non-hydrogen) atoms. The number of esters is 1. The molecule has 1 heterocycles. The molecule has 2 rings (SSSR count). The van der Waals surface area contributed by atoms with Crippen molar-refractivity contribution in [3.8, 4) is 5.69 Å². The summed E-state index contributed by atoms with van der Waals surface area (Å²) in [5, 5.41) is 9.08. The van der Waals surface area contributed by atoms with Crippen LogP contribution < -0.4 is 10.6 Å². The van der Waals surface area contributed by atoms with Crippen molar-refractivity contribution in [1.82, 2.24) is 20.4 Å². The summed E-state index contributed by atoms with van der Waals surface area (Å²) in [5.74, 6) is -1.94. The van der Waals surface area contributed by atoms with Gasteiger partial charge in [0.25, 0.3) is 5.91 Å². The zero-order valence-corrected chi connectivity index (χ0v) is 17.7. The minimum Gasteiger partial charge on any atom is -0.449 e. The Kier molecular flexibility index (Phi) is 7.71. The molecule has 0 bridgehead atoms. The van der Waals surface area contributed by atoms with Crippen molar-refractivity contribution in [2.75, 3.05) is 0 Å².